The molecule has 96 valence electrons. The van der Waals surface area contributed by atoms with E-state index in [0.29, 0.717) is 0 Å². The van der Waals surface area contributed by atoms with Gasteiger partial charge in [-0.25, -0.2) is 4.79 Å². The predicted octanol–water partition coefficient (Wildman–Crippen LogP) is -0.418. The van der Waals surface area contributed by atoms with Crippen LogP contribution >= 0.6 is 0 Å². The van der Waals surface area contributed by atoms with Crippen molar-refractivity contribution in [2.24, 2.45) is 5.92 Å². The molecule has 1 aliphatic rings. The van der Waals surface area contributed by atoms with Gasteiger partial charge in [-0.15, -0.1) is 0 Å². The number of carbonyl (C=O) groups is 3. The second kappa shape index (κ2) is 5.13. The summed E-state index contributed by atoms with van der Waals surface area (Å²) in [6, 6.07) is 0. The van der Waals surface area contributed by atoms with Crippen LogP contribution in [0.4, 0.5) is 0 Å². The lowest BCUT2D eigenvalue weighted by molar-refractivity contribution is -0.179. The molecule has 17 heavy (non-hydrogen) atoms. The summed E-state index contributed by atoms with van der Waals surface area (Å²) < 4.78 is 14.2. The number of ether oxygens (including phenoxy) is 3. The standard InChI is InChI=1S/C10H14O7/c1-15-7(11)5-10(9(14)16-2)6(8(12)13)3-4-17-10/h6H,3-5H2,1-2H3,(H,12,13). The van der Waals surface area contributed by atoms with Crippen LogP contribution < -0.4 is 0 Å². The monoisotopic (exact) mass is 246 g/mol. The molecule has 7 nitrogen and oxygen atoms in total. The zero-order chi connectivity index (χ0) is 13.1. The van der Waals surface area contributed by atoms with Crippen LogP contribution in [0.1, 0.15) is 12.8 Å². The normalized spacial score (nSPS) is 27.5. The molecule has 1 rings (SSSR count). The molecule has 0 radical (unpaired) electrons. The summed E-state index contributed by atoms with van der Waals surface area (Å²) >= 11 is 0. The molecule has 1 N–H and O–H groups in total. The first-order valence-electron chi connectivity index (χ1n) is 5.00. The van der Waals surface area contributed by atoms with E-state index in [-0.39, 0.29) is 13.0 Å². The second-order valence-electron chi connectivity index (χ2n) is 3.66. The number of rotatable bonds is 4. The van der Waals surface area contributed by atoms with E-state index in [1.54, 1.807) is 0 Å². The van der Waals surface area contributed by atoms with Gasteiger partial charge in [0.25, 0.3) is 0 Å². The zero-order valence-electron chi connectivity index (χ0n) is 9.60. The number of carboxylic acids is 1. The highest BCUT2D eigenvalue weighted by atomic mass is 16.6. The fraction of sp³-hybridized carbons (Fsp3) is 0.700. The SMILES string of the molecule is COC(=O)CC1(C(=O)OC)OCCC1C(=O)O. The Morgan fingerprint density at radius 3 is 2.47 bits per heavy atom. The van der Waals surface area contributed by atoms with Crippen molar-refractivity contribution in [2.45, 2.75) is 18.4 Å². The topological polar surface area (TPSA) is 99.1 Å². The highest BCUT2D eigenvalue weighted by molar-refractivity contribution is 5.91. The van der Waals surface area contributed by atoms with E-state index in [4.69, 9.17) is 9.84 Å². The fourth-order valence-corrected chi connectivity index (χ4v) is 1.92. The lowest BCUT2D eigenvalue weighted by Gasteiger charge is -2.27. The molecule has 7 heteroatoms. The van der Waals surface area contributed by atoms with Crippen LogP contribution in [0.25, 0.3) is 0 Å². The Morgan fingerprint density at radius 1 is 1.35 bits per heavy atom. The Bertz CT molecular complexity index is 338. The molecule has 2 atom stereocenters. The molecule has 0 saturated carbocycles. The number of methoxy groups -OCH3 is 2. The average molecular weight is 246 g/mol. The van der Waals surface area contributed by atoms with Gasteiger partial charge in [-0.2, -0.15) is 0 Å². The van der Waals surface area contributed by atoms with Crippen molar-refractivity contribution in [2.75, 3.05) is 20.8 Å². The van der Waals surface area contributed by atoms with Gasteiger partial charge >= 0.3 is 17.9 Å². The number of carboxylic acid groups (broad SMARTS) is 1. The summed E-state index contributed by atoms with van der Waals surface area (Å²) in [6.45, 7) is 0.0864. The number of hydrogen-bond acceptors (Lipinski definition) is 6. The van der Waals surface area contributed by atoms with Crippen molar-refractivity contribution < 1.29 is 33.7 Å². The average Bonchev–Trinajstić information content (AvgIpc) is 2.72. The maximum atomic E-state index is 11.7. The molecule has 0 aliphatic carbocycles. The summed E-state index contributed by atoms with van der Waals surface area (Å²) in [6.07, 6.45) is -0.311. The van der Waals surface area contributed by atoms with Crippen molar-refractivity contribution >= 4 is 17.9 Å². The van der Waals surface area contributed by atoms with Crippen LogP contribution in [0.15, 0.2) is 0 Å². The van der Waals surface area contributed by atoms with E-state index in [2.05, 4.69) is 9.47 Å². The van der Waals surface area contributed by atoms with Gasteiger partial charge in [0.05, 0.1) is 26.6 Å². The van der Waals surface area contributed by atoms with E-state index in [1.807, 2.05) is 0 Å². The van der Waals surface area contributed by atoms with Gasteiger partial charge < -0.3 is 19.3 Å². The largest absolute Gasteiger partial charge is 0.481 e. The van der Waals surface area contributed by atoms with E-state index in [0.717, 1.165) is 14.2 Å². The van der Waals surface area contributed by atoms with Crippen molar-refractivity contribution in [3.05, 3.63) is 0 Å². The van der Waals surface area contributed by atoms with E-state index in [9.17, 15) is 14.4 Å². The Morgan fingerprint density at radius 2 is 2.00 bits per heavy atom. The fourth-order valence-electron chi connectivity index (χ4n) is 1.92. The smallest absolute Gasteiger partial charge is 0.339 e. The molecule has 1 heterocycles. The molecule has 0 aromatic heterocycles. The summed E-state index contributed by atoms with van der Waals surface area (Å²) in [5, 5.41) is 9.04. The first-order valence-corrected chi connectivity index (χ1v) is 5.00. The zero-order valence-corrected chi connectivity index (χ0v) is 9.60. The highest BCUT2D eigenvalue weighted by Crippen LogP contribution is 2.37. The number of carbonyl (C=O) groups excluding carboxylic acids is 2. The molecule has 1 saturated heterocycles. The summed E-state index contributed by atoms with van der Waals surface area (Å²) in [5.74, 6) is -3.89. The Hall–Kier alpha value is -1.63. The molecule has 0 amide bonds. The van der Waals surface area contributed by atoms with Crippen LogP contribution in [0.5, 0.6) is 0 Å². The molecule has 0 bridgehead atoms. The predicted molar refractivity (Wildman–Crippen MR) is 53.1 cm³/mol. The summed E-state index contributed by atoms with van der Waals surface area (Å²) in [4.78, 5) is 34.0. The molecule has 0 spiro atoms. The Labute approximate surface area is 97.6 Å². The molecular weight excluding hydrogens is 232 g/mol. The molecule has 1 aliphatic heterocycles. The van der Waals surface area contributed by atoms with Crippen LogP contribution in [-0.2, 0) is 28.6 Å². The molecular formula is C10H14O7. The minimum atomic E-state index is -1.77. The molecule has 2 unspecified atom stereocenters. The molecule has 0 aromatic rings. The van der Waals surface area contributed by atoms with Crippen molar-refractivity contribution in [1.82, 2.24) is 0 Å². The lowest BCUT2D eigenvalue weighted by Crippen LogP contribution is -2.49. The van der Waals surface area contributed by atoms with Gasteiger partial charge in [-0.1, -0.05) is 0 Å². The summed E-state index contributed by atoms with van der Waals surface area (Å²) in [5.41, 5.74) is -1.77. The maximum absolute atomic E-state index is 11.7. The van der Waals surface area contributed by atoms with Gasteiger partial charge in [0.15, 0.2) is 5.60 Å². The van der Waals surface area contributed by atoms with Crippen LogP contribution in [0, 0.1) is 5.92 Å². The van der Waals surface area contributed by atoms with Crippen LogP contribution in [0.2, 0.25) is 0 Å². The summed E-state index contributed by atoms with van der Waals surface area (Å²) in [7, 11) is 2.26. The third-order valence-electron chi connectivity index (χ3n) is 2.79. The third kappa shape index (κ3) is 2.38. The van der Waals surface area contributed by atoms with Crippen LogP contribution in [-0.4, -0.2) is 49.4 Å². The lowest BCUT2D eigenvalue weighted by atomic mass is 9.84. The van der Waals surface area contributed by atoms with Crippen molar-refractivity contribution in [3.8, 4) is 0 Å². The van der Waals surface area contributed by atoms with Gasteiger partial charge in [0, 0.05) is 6.61 Å². The first kappa shape index (κ1) is 13.4. The number of hydrogen-bond donors (Lipinski definition) is 1. The Balaban J connectivity index is 3.04. The van der Waals surface area contributed by atoms with Gasteiger partial charge in [-0.3, -0.25) is 9.59 Å². The van der Waals surface area contributed by atoms with E-state index in [1.165, 1.54) is 0 Å². The van der Waals surface area contributed by atoms with Gasteiger partial charge in [-0.05, 0) is 6.42 Å². The van der Waals surface area contributed by atoms with Crippen molar-refractivity contribution in [3.63, 3.8) is 0 Å². The quantitative estimate of drug-likeness (QED) is 0.672. The van der Waals surface area contributed by atoms with E-state index < -0.39 is 35.8 Å². The second-order valence-corrected chi connectivity index (χ2v) is 3.66. The van der Waals surface area contributed by atoms with Crippen molar-refractivity contribution in [1.29, 1.82) is 0 Å². The number of esters is 2. The maximum Gasteiger partial charge on any atom is 0.339 e. The number of aliphatic carboxylic acids is 1. The Kier molecular flexibility index (Phi) is 4.06. The van der Waals surface area contributed by atoms with E-state index >= 15 is 0 Å². The van der Waals surface area contributed by atoms with Gasteiger partial charge in [0.2, 0.25) is 0 Å². The highest BCUT2D eigenvalue weighted by Gasteiger charge is 2.56. The third-order valence-corrected chi connectivity index (χ3v) is 2.79. The van der Waals surface area contributed by atoms with Crippen LogP contribution in [0.3, 0.4) is 0 Å². The minimum absolute atomic E-state index is 0.0864. The first-order chi connectivity index (χ1) is 7.97. The molecule has 0 aromatic carbocycles. The molecule has 1 fully saturated rings. The minimum Gasteiger partial charge on any atom is -0.481 e. The van der Waals surface area contributed by atoms with Gasteiger partial charge in [0.1, 0.15) is 0 Å².